The van der Waals surface area contributed by atoms with Crippen molar-refractivity contribution in [3.05, 3.63) is 40.1 Å². The molecule has 0 radical (unpaired) electrons. The first-order valence-electron chi connectivity index (χ1n) is 6.90. The van der Waals surface area contributed by atoms with Crippen LogP contribution in [0.3, 0.4) is 0 Å². The van der Waals surface area contributed by atoms with Gasteiger partial charge in [-0.25, -0.2) is 9.37 Å². The average molecular weight is 354 g/mol. The Bertz CT molecular complexity index is 775. The summed E-state index contributed by atoms with van der Waals surface area (Å²) in [6.07, 6.45) is 1.94. The molecule has 23 heavy (non-hydrogen) atoms. The molecule has 5 nitrogen and oxygen atoms in total. The minimum absolute atomic E-state index is 0.201. The number of carbonyl (C=O) groups excluding carboxylic acids is 2. The van der Waals surface area contributed by atoms with E-state index in [1.807, 2.05) is 0 Å². The molecular formula is C15H13ClFN3O2S. The van der Waals surface area contributed by atoms with Crippen molar-refractivity contribution in [3.63, 3.8) is 0 Å². The Morgan fingerprint density at radius 1 is 1.48 bits per heavy atom. The summed E-state index contributed by atoms with van der Waals surface area (Å²) in [7, 11) is 0. The summed E-state index contributed by atoms with van der Waals surface area (Å²) in [5, 5.41) is 6.16. The van der Waals surface area contributed by atoms with E-state index in [0.717, 1.165) is 11.3 Å². The van der Waals surface area contributed by atoms with Crippen molar-refractivity contribution in [3.8, 4) is 10.6 Å². The lowest BCUT2D eigenvalue weighted by molar-refractivity contribution is -0.123. The maximum Gasteiger partial charge on any atom is 0.263 e. The Morgan fingerprint density at radius 2 is 2.26 bits per heavy atom. The van der Waals surface area contributed by atoms with Crippen LogP contribution in [-0.4, -0.2) is 28.9 Å². The molecule has 2 heterocycles. The van der Waals surface area contributed by atoms with Crippen LogP contribution in [0.15, 0.2) is 24.4 Å². The van der Waals surface area contributed by atoms with E-state index in [2.05, 4.69) is 15.6 Å². The van der Waals surface area contributed by atoms with Crippen LogP contribution in [0.1, 0.15) is 23.0 Å². The maximum atomic E-state index is 13.4. The molecule has 0 saturated carbocycles. The molecule has 2 aromatic rings. The minimum Gasteiger partial charge on any atom is -0.354 e. The fourth-order valence-electron chi connectivity index (χ4n) is 2.36. The van der Waals surface area contributed by atoms with Gasteiger partial charge in [0.2, 0.25) is 5.91 Å². The predicted octanol–water partition coefficient (Wildman–Crippen LogP) is 2.61. The van der Waals surface area contributed by atoms with E-state index in [4.69, 9.17) is 11.6 Å². The number of amides is 2. The second kappa shape index (κ2) is 5.90. The molecule has 3 rings (SSSR count). The van der Waals surface area contributed by atoms with Gasteiger partial charge in [0.25, 0.3) is 5.91 Å². The molecule has 1 aromatic carbocycles. The van der Waals surface area contributed by atoms with Crippen LogP contribution in [0, 0.1) is 5.82 Å². The van der Waals surface area contributed by atoms with Gasteiger partial charge < -0.3 is 10.6 Å². The highest BCUT2D eigenvalue weighted by Crippen LogP contribution is 2.28. The van der Waals surface area contributed by atoms with E-state index in [1.54, 1.807) is 13.0 Å². The van der Waals surface area contributed by atoms with Crippen molar-refractivity contribution in [2.45, 2.75) is 18.9 Å². The minimum atomic E-state index is -0.913. The summed E-state index contributed by atoms with van der Waals surface area (Å²) in [6.45, 7) is 2.22. The van der Waals surface area contributed by atoms with Crippen LogP contribution >= 0.6 is 22.9 Å². The van der Waals surface area contributed by atoms with Crippen molar-refractivity contribution in [2.24, 2.45) is 0 Å². The number of halogens is 2. The number of nitrogens with zero attached hydrogens (tertiary/aromatic N) is 1. The molecule has 0 bridgehead atoms. The molecule has 0 unspecified atom stereocenters. The normalized spacial score (nSPS) is 20.4. The number of thiazole rings is 1. The summed E-state index contributed by atoms with van der Waals surface area (Å²) >= 11 is 6.94. The van der Waals surface area contributed by atoms with Crippen LogP contribution < -0.4 is 10.6 Å². The number of hydrogen-bond donors (Lipinski definition) is 2. The predicted molar refractivity (Wildman–Crippen MR) is 86.0 cm³/mol. The van der Waals surface area contributed by atoms with Gasteiger partial charge in [0.05, 0.1) is 6.20 Å². The Labute approximate surface area is 140 Å². The topological polar surface area (TPSA) is 71.1 Å². The quantitative estimate of drug-likeness (QED) is 0.891. The van der Waals surface area contributed by atoms with Gasteiger partial charge in [-0.05, 0) is 31.5 Å². The number of aromatic nitrogens is 1. The second-order valence-corrected chi connectivity index (χ2v) is 6.95. The summed E-state index contributed by atoms with van der Waals surface area (Å²) in [6, 6.07) is 4.08. The highest BCUT2D eigenvalue weighted by molar-refractivity contribution is 7.16. The van der Waals surface area contributed by atoms with E-state index < -0.39 is 11.4 Å². The standard InChI is InChI=1S/C15H13ClFN3O2S/c1-15(2-3-18-14(15)22)20-12(21)11-7-19-13(23-11)8-4-9(16)6-10(17)5-8/h4-7H,2-3H2,1H3,(H,18,22)(H,20,21)/t15-/m0/s1. The molecule has 1 aromatic heterocycles. The van der Waals surface area contributed by atoms with Gasteiger partial charge in [-0.15, -0.1) is 11.3 Å². The Hall–Kier alpha value is -1.99. The van der Waals surface area contributed by atoms with E-state index >= 15 is 0 Å². The first kappa shape index (κ1) is 15.9. The summed E-state index contributed by atoms with van der Waals surface area (Å²) in [4.78, 5) is 28.6. The van der Waals surface area contributed by atoms with Gasteiger partial charge in [0.1, 0.15) is 21.2 Å². The highest BCUT2D eigenvalue weighted by atomic mass is 35.5. The van der Waals surface area contributed by atoms with Crippen LogP contribution in [0.4, 0.5) is 4.39 Å². The van der Waals surface area contributed by atoms with E-state index in [1.165, 1.54) is 18.3 Å². The third kappa shape index (κ3) is 3.20. The molecule has 1 aliphatic rings. The van der Waals surface area contributed by atoms with E-state index in [0.29, 0.717) is 28.4 Å². The first-order chi connectivity index (χ1) is 10.9. The van der Waals surface area contributed by atoms with Gasteiger partial charge in [0.15, 0.2) is 0 Å². The first-order valence-corrected chi connectivity index (χ1v) is 8.10. The lowest BCUT2D eigenvalue weighted by Crippen LogP contribution is -2.51. The summed E-state index contributed by atoms with van der Waals surface area (Å²) in [5.74, 6) is -1.05. The van der Waals surface area contributed by atoms with Crippen molar-refractivity contribution < 1.29 is 14.0 Å². The molecule has 2 amide bonds. The third-order valence-corrected chi connectivity index (χ3v) is 4.90. The fourth-order valence-corrected chi connectivity index (χ4v) is 3.38. The van der Waals surface area contributed by atoms with Crippen molar-refractivity contribution in [1.82, 2.24) is 15.6 Å². The summed E-state index contributed by atoms with van der Waals surface area (Å²) in [5.41, 5.74) is -0.410. The van der Waals surface area contributed by atoms with Gasteiger partial charge in [-0.1, -0.05) is 11.6 Å². The molecule has 1 aliphatic heterocycles. The molecule has 1 saturated heterocycles. The van der Waals surface area contributed by atoms with Gasteiger partial charge in [-0.3, -0.25) is 9.59 Å². The maximum absolute atomic E-state index is 13.4. The zero-order chi connectivity index (χ0) is 16.6. The Kier molecular flexibility index (Phi) is 4.08. The zero-order valence-electron chi connectivity index (χ0n) is 12.2. The largest absolute Gasteiger partial charge is 0.354 e. The smallest absolute Gasteiger partial charge is 0.263 e. The molecule has 0 spiro atoms. The average Bonchev–Trinajstić information content (AvgIpc) is 3.06. The number of rotatable bonds is 3. The molecular weight excluding hydrogens is 341 g/mol. The van der Waals surface area contributed by atoms with E-state index in [-0.39, 0.29) is 16.8 Å². The molecule has 2 N–H and O–H groups in total. The van der Waals surface area contributed by atoms with Crippen LogP contribution in [-0.2, 0) is 4.79 Å². The van der Waals surface area contributed by atoms with Crippen LogP contribution in [0.25, 0.3) is 10.6 Å². The molecule has 120 valence electrons. The lowest BCUT2D eigenvalue weighted by atomic mass is 10.0. The second-order valence-electron chi connectivity index (χ2n) is 5.48. The van der Waals surface area contributed by atoms with Gasteiger partial charge >= 0.3 is 0 Å². The van der Waals surface area contributed by atoms with E-state index in [9.17, 15) is 14.0 Å². The highest BCUT2D eigenvalue weighted by Gasteiger charge is 2.39. The summed E-state index contributed by atoms with van der Waals surface area (Å²) < 4.78 is 13.4. The number of nitrogens with one attached hydrogen (secondary N) is 2. The lowest BCUT2D eigenvalue weighted by Gasteiger charge is -2.21. The van der Waals surface area contributed by atoms with Crippen LogP contribution in [0.5, 0.6) is 0 Å². The number of hydrogen-bond acceptors (Lipinski definition) is 4. The fraction of sp³-hybridized carbons (Fsp3) is 0.267. The van der Waals surface area contributed by atoms with Gasteiger partial charge in [0, 0.05) is 17.1 Å². The van der Waals surface area contributed by atoms with Gasteiger partial charge in [-0.2, -0.15) is 0 Å². The Balaban J connectivity index is 1.81. The van der Waals surface area contributed by atoms with Crippen molar-refractivity contribution in [2.75, 3.05) is 6.54 Å². The molecule has 8 heteroatoms. The van der Waals surface area contributed by atoms with Crippen molar-refractivity contribution >= 4 is 34.8 Å². The SMILES string of the molecule is C[C@]1(NC(=O)c2cnc(-c3cc(F)cc(Cl)c3)s2)CCNC1=O. The monoisotopic (exact) mass is 353 g/mol. The number of benzene rings is 1. The van der Waals surface area contributed by atoms with Crippen LogP contribution in [0.2, 0.25) is 5.02 Å². The Morgan fingerprint density at radius 3 is 2.91 bits per heavy atom. The third-order valence-electron chi connectivity index (χ3n) is 3.64. The molecule has 0 aliphatic carbocycles. The molecule has 1 atom stereocenters. The number of carbonyl (C=O) groups is 2. The zero-order valence-corrected chi connectivity index (χ0v) is 13.7. The molecule has 1 fully saturated rings. The van der Waals surface area contributed by atoms with Crippen molar-refractivity contribution in [1.29, 1.82) is 0 Å².